The van der Waals surface area contributed by atoms with Crippen LogP contribution in [0.2, 0.25) is 0 Å². The van der Waals surface area contributed by atoms with E-state index < -0.39 is 12.1 Å². The normalized spacial score (nSPS) is 23.5. The highest BCUT2D eigenvalue weighted by atomic mass is 16.2. The number of nitrogens with one attached hydrogen (secondary N) is 2. The van der Waals surface area contributed by atoms with Crippen molar-refractivity contribution < 1.29 is 9.59 Å². The molecule has 0 bridgehead atoms. The van der Waals surface area contributed by atoms with Crippen molar-refractivity contribution in [1.29, 1.82) is 0 Å². The first-order valence-corrected chi connectivity index (χ1v) is 4.11. The fourth-order valence-corrected chi connectivity index (χ4v) is 1.11. The van der Waals surface area contributed by atoms with E-state index in [2.05, 4.69) is 17.2 Å². The Morgan fingerprint density at radius 3 is 3.00 bits per heavy atom. The highest BCUT2D eigenvalue weighted by Crippen LogP contribution is 1.99. The van der Waals surface area contributed by atoms with Crippen LogP contribution in [0.4, 0.5) is 0 Å². The van der Waals surface area contributed by atoms with Gasteiger partial charge < -0.3 is 16.4 Å². The van der Waals surface area contributed by atoms with Crippen LogP contribution in [0.3, 0.4) is 0 Å². The van der Waals surface area contributed by atoms with Crippen molar-refractivity contribution in [2.24, 2.45) is 5.73 Å². The van der Waals surface area contributed by atoms with Crippen molar-refractivity contribution in [3.63, 3.8) is 0 Å². The van der Waals surface area contributed by atoms with Crippen LogP contribution in [0.15, 0.2) is 12.7 Å². The molecule has 0 radical (unpaired) electrons. The van der Waals surface area contributed by atoms with Crippen LogP contribution in [-0.2, 0) is 9.59 Å². The molecule has 4 N–H and O–H groups in total. The lowest BCUT2D eigenvalue weighted by atomic mass is 10.2. The summed E-state index contributed by atoms with van der Waals surface area (Å²) in [6, 6.07) is -1.17. The monoisotopic (exact) mass is 183 g/mol. The smallest absolute Gasteiger partial charge is 0.242 e. The minimum Gasteiger partial charge on any atom is -0.354 e. The van der Waals surface area contributed by atoms with Crippen LogP contribution in [0.25, 0.3) is 0 Å². The molecule has 1 fully saturated rings. The molecular weight excluding hydrogens is 170 g/mol. The Morgan fingerprint density at radius 1 is 1.85 bits per heavy atom. The Kier molecular flexibility index (Phi) is 3.02. The number of nitrogens with two attached hydrogens (primary N) is 1. The Balaban J connectivity index is 2.44. The number of hydrogen-bond donors (Lipinski definition) is 3. The van der Waals surface area contributed by atoms with Gasteiger partial charge in [-0.2, -0.15) is 0 Å². The molecule has 0 aromatic heterocycles. The molecule has 0 aromatic rings. The summed E-state index contributed by atoms with van der Waals surface area (Å²) in [6.07, 6.45) is 1.95. The van der Waals surface area contributed by atoms with Crippen molar-refractivity contribution >= 4 is 11.8 Å². The Morgan fingerprint density at radius 2 is 2.54 bits per heavy atom. The van der Waals surface area contributed by atoms with Crippen LogP contribution >= 0.6 is 0 Å². The van der Waals surface area contributed by atoms with Gasteiger partial charge >= 0.3 is 0 Å². The summed E-state index contributed by atoms with van der Waals surface area (Å²) in [6.45, 7) is 3.99. The van der Waals surface area contributed by atoms with E-state index in [-0.39, 0.29) is 11.8 Å². The molecule has 2 atom stereocenters. The summed E-state index contributed by atoms with van der Waals surface area (Å²) >= 11 is 0. The molecule has 1 aliphatic rings. The Hall–Kier alpha value is -1.36. The van der Waals surface area contributed by atoms with E-state index in [1.54, 1.807) is 0 Å². The number of rotatable bonds is 3. The quantitative estimate of drug-likeness (QED) is 0.466. The van der Waals surface area contributed by atoms with Crippen LogP contribution < -0.4 is 16.4 Å². The minimum atomic E-state index is -0.742. The second-order valence-electron chi connectivity index (χ2n) is 2.90. The third kappa shape index (κ3) is 2.29. The predicted molar refractivity (Wildman–Crippen MR) is 47.7 cm³/mol. The molecule has 0 spiro atoms. The maximum absolute atomic E-state index is 11.2. The fraction of sp³-hybridized carbons (Fsp3) is 0.500. The van der Waals surface area contributed by atoms with E-state index in [0.29, 0.717) is 13.0 Å². The summed E-state index contributed by atoms with van der Waals surface area (Å²) < 4.78 is 0. The van der Waals surface area contributed by atoms with Crippen molar-refractivity contribution in [3.8, 4) is 0 Å². The molecule has 1 saturated heterocycles. The number of carbonyl (C=O) groups excluding carboxylic acids is 2. The van der Waals surface area contributed by atoms with E-state index in [0.717, 1.165) is 0 Å². The van der Waals surface area contributed by atoms with E-state index in [4.69, 9.17) is 5.73 Å². The topological polar surface area (TPSA) is 84.2 Å². The second-order valence-corrected chi connectivity index (χ2v) is 2.90. The van der Waals surface area contributed by atoms with Crippen molar-refractivity contribution in [1.82, 2.24) is 10.6 Å². The van der Waals surface area contributed by atoms with Crippen LogP contribution in [-0.4, -0.2) is 30.4 Å². The standard InChI is InChI=1S/C8H13N3O2/c1-2-5(9)7(12)11-6-3-4-10-8(6)13/h2,5-6H,1,3-4,9H2,(H,10,13)(H,11,12)/t5-,6-/m0/s1. The molecule has 1 heterocycles. The minimum absolute atomic E-state index is 0.149. The lowest BCUT2D eigenvalue weighted by Gasteiger charge is -2.11. The third-order valence-electron chi connectivity index (χ3n) is 1.92. The molecular formula is C8H13N3O2. The van der Waals surface area contributed by atoms with Gasteiger partial charge in [-0.3, -0.25) is 9.59 Å². The largest absolute Gasteiger partial charge is 0.354 e. The van der Waals surface area contributed by atoms with Gasteiger partial charge in [0.05, 0.1) is 0 Å². The van der Waals surface area contributed by atoms with Crippen LogP contribution in [0.5, 0.6) is 0 Å². The first-order chi connectivity index (χ1) is 6.15. The maximum Gasteiger partial charge on any atom is 0.242 e. The molecule has 72 valence electrons. The summed E-state index contributed by atoms with van der Waals surface area (Å²) in [4.78, 5) is 22.2. The maximum atomic E-state index is 11.2. The Bertz CT molecular complexity index is 240. The molecule has 13 heavy (non-hydrogen) atoms. The summed E-state index contributed by atoms with van der Waals surface area (Å²) in [7, 11) is 0. The number of hydrogen-bond acceptors (Lipinski definition) is 3. The molecule has 5 nitrogen and oxygen atoms in total. The van der Waals surface area contributed by atoms with Crippen molar-refractivity contribution in [2.45, 2.75) is 18.5 Å². The number of carbonyl (C=O) groups is 2. The van der Waals surface area contributed by atoms with Gasteiger partial charge in [0.25, 0.3) is 0 Å². The van der Waals surface area contributed by atoms with Gasteiger partial charge in [-0.05, 0) is 6.42 Å². The zero-order valence-corrected chi connectivity index (χ0v) is 7.25. The molecule has 1 aliphatic heterocycles. The van der Waals surface area contributed by atoms with Crippen LogP contribution in [0.1, 0.15) is 6.42 Å². The molecule has 5 heteroatoms. The third-order valence-corrected chi connectivity index (χ3v) is 1.92. The lowest BCUT2D eigenvalue weighted by Crippen LogP contribution is -2.47. The molecule has 0 unspecified atom stereocenters. The predicted octanol–water partition coefficient (Wildman–Crippen LogP) is -1.50. The highest BCUT2D eigenvalue weighted by Gasteiger charge is 2.26. The first-order valence-electron chi connectivity index (χ1n) is 4.11. The van der Waals surface area contributed by atoms with Gasteiger partial charge in [0, 0.05) is 6.54 Å². The molecule has 1 rings (SSSR count). The van der Waals surface area contributed by atoms with Gasteiger partial charge in [-0.15, -0.1) is 6.58 Å². The van der Waals surface area contributed by atoms with E-state index >= 15 is 0 Å². The first kappa shape index (κ1) is 9.73. The van der Waals surface area contributed by atoms with E-state index in [9.17, 15) is 9.59 Å². The van der Waals surface area contributed by atoms with Crippen LogP contribution in [0, 0.1) is 0 Å². The lowest BCUT2D eigenvalue weighted by molar-refractivity contribution is -0.127. The molecule has 2 amide bonds. The Labute approximate surface area is 76.4 Å². The molecule has 0 saturated carbocycles. The fourth-order valence-electron chi connectivity index (χ4n) is 1.11. The van der Waals surface area contributed by atoms with Gasteiger partial charge in [-0.1, -0.05) is 6.08 Å². The van der Waals surface area contributed by atoms with Crippen molar-refractivity contribution in [2.75, 3.05) is 6.54 Å². The van der Waals surface area contributed by atoms with E-state index in [1.807, 2.05) is 0 Å². The van der Waals surface area contributed by atoms with Gasteiger partial charge in [0.15, 0.2) is 0 Å². The molecule has 0 aliphatic carbocycles. The summed E-state index contributed by atoms with van der Waals surface area (Å²) in [5.74, 6) is -0.512. The highest BCUT2D eigenvalue weighted by molar-refractivity contribution is 5.91. The second kappa shape index (κ2) is 4.04. The molecule has 0 aromatic carbocycles. The zero-order chi connectivity index (χ0) is 9.84. The van der Waals surface area contributed by atoms with Gasteiger partial charge in [-0.25, -0.2) is 0 Å². The number of amides is 2. The average molecular weight is 183 g/mol. The van der Waals surface area contributed by atoms with Crippen molar-refractivity contribution in [3.05, 3.63) is 12.7 Å². The van der Waals surface area contributed by atoms with E-state index in [1.165, 1.54) is 6.08 Å². The summed E-state index contributed by atoms with van der Waals surface area (Å²) in [5.41, 5.74) is 5.38. The SMILES string of the molecule is C=C[C@H](N)C(=O)N[C@H]1CCNC1=O. The summed E-state index contributed by atoms with van der Waals surface area (Å²) in [5, 5.41) is 5.14. The van der Waals surface area contributed by atoms with Gasteiger partial charge in [0.2, 0.25) is 11.8 Å². The average Bonchev–Trinajstić information content (AvgIpc) is 2.50. The van der Waals surface area contributed by atoms with Gasteiger partial charge in [0.1, 0.15) is 12.1 Å². The zero-order valence-electron chi connectivity index (χ0n) is 7.25.